The van der Waals surface area contributed by atoms with Crippen molar-refractivity contribution < 1.29 is 0 Å². The lowest BCUT2D eigenvalue weighted by Gasteiger charge is -2.05. The van der Waals surface area contributed by atoms with E-state index >= 15 is 0 Å². The molecule has 0 aliphatic heterocycles. The van der Waals surface area contributed by atoms with E-state index in [0.29, 0.717) is 5.92 Å². The average Bonchev–Trinajstić information content (AvgIpc) is 3.01. The quantitative estimate of drug-likeness (QED) is 0.848. The Balaban J connectivity index is 1.89. The molecular weight excluding hydrogens is 288 g/mol. The first-order chi connectivity index (χ1) is 8.74. The molecule has 1 aromatic heterocycles. The molecule has 0 unspecified atom stereocenters. The van der Waals surface area contributed by atoms with Gasteiger partial charge in [-0.2, -0.15) is 0 Å². The highest BCUT2D eigenvalue weighted by atomic mass is 79.9. The Labute approximate surface area is 116 Å². The zero-order valence-electron chi connectivity index (χ0n) is 10.5. The predicted molar refractivity (Wildman–Crippen MR) is 77.7 cm³/mol. The van der Waals surface area contributed by atoms with Crippen molar-refractivity contribution in [3.8, 4) is 11.3 Å². The number of halogens is 1. The van der Waals surface area contributed by atoms with Gasteiger partial charge < -0.3 is 4.98 Å². The van der Waals surface area contributed by atoms with Crippen molar-refractivity contribution in [2.45, 2.75) is 38.5 Å². The number of aryl methyl sites for hydroxylation is 1. The van der Waals surface area contributed by atoms with Crippen LogP contribution in [0.2, 0.25) is 0 Å². The molecule has 3 rings (SSSR count). The summed E-state index contributed by atoms with van der Waals surface area (Å²) in [6, 6.07) is 6.42. The Hall–Kier alpha value is -1.09. The van der Waals surface area contributed by atoms with Gasteiger partial charge in [0.25, 0.3) is 0 Å². The number of H-pyrrole nitrogens is 1. The summed E-state index contributed by atoms with van der Waals surface area (Å²) in [6.45, 7) is 2.11. The highest BCUT2D eigenvalue weighted by molar-refractivity contribution is 9.10. The van der Waals surface area contributed by atoms with E-state index in [9.17, 15) is 0 Å². The maximum Gasteiger partial charge on any atom is 0.109 e. The van der Waals surface area contributed by atoms with Crippen LogP contribution in [0.1, 0.15) is 43.0 Å². The molecule has 1 heterocycles. The zero-order valence-corrected chi connectivity index (χ0v) is 12.1. The van der Waals surface area contributed by atoms with E-state index in [1.54, 1.807) is 0 Å². The number of aromatic amines is 1. The number of aromatic nitrogens is 2. The van der Waals surface area contributed by atoms with Gasteiger partial charge in [0.15, 0.2) is 0 Å². The van der Waals surface area contributed by atoms with Crippen molar-refractivity contribution >= 4 is 15.9 Å². The molecule has 0 bridgehead atoms. The number of imidazole rings is 1. The summed E-state index contributed by atoms with van der Waals surface area (Å²) >= 11 is 3.54. The molecule has 94 valence electrons. The molecule has 18 heavy (non-hydrogen) atoms. The summed E-state index contributed by atoms with van der Waals surface area (Å²) in [5.74, 6) is 1.82. The predicted octanol–water partition coefficient (Wildman–Crippen LogP) is 4.81. The molecule has 1 aromatic carbocycles. The Morgan fingerprint density at radius 1 is 1.28 bits per heavy atom. The van der Waals surface area contributed by atoms with E-state index in [1.165, 1.54) is 42.6 Å². The maximum atomic E-state index is 4.56. The van der Waals surface area contributed by atoms with Crippen LogP contribution in [-0.2, 0) is 0 Å². The highest BCUT2D eigenvalue weighted by Crippen LogP contribution is 2.33. The van der Waals surface area contributed by atoms with E-state index in [1.807, 2.05) is 6.20 Å². The molecule has 0 radical (unpaired) electrons. The van der Waals surface area contributed by atoms with Crippen molar-refractivity contribution in [1.82, 2.24) is 9.97 Å². The van der Waals surface area contributed by atoms with Crippen LogP contribution in [0, 0.1) is 6.92 Å². The number of rotatable bonds is 2. The second-order valence-corrected chi connectivity index (χ2v) is 5.98. The second kappa shape index (κ2) is 4.88. The lowest BCUT2D eigenvalue weighted by Crippen LogP contribution is -1.94. The fourth-order valence-corrected chi connectivity index (χ4v) is 2.95. The van der Waals surface area contributed by atoms with Crippen molar-refractivity contribution in [3.63, 3.8) is 0 Å². The molecule has 1 aliphatic rings. The van der Waals surface area contributed by atoms with Gasteiger partial charge in [-0.1, -0.05) is 34.8 Å². The Morgan fingerprint density at radius 2 is 2.06 bits per heavy atom. The zero-order chi connectivity index (χ0) is 12.5. The van der Waals surface area contributed by atoms with Gasteiger partial charge in [0.2, 0.25) is 0 Å². The molecular formula is C15H17BrN2. The normalized spacial score (nSPS) is 16.3. The molecule has 0 spiro atoms. The average molecular weight is 305 g/mol. The summed E-state index contributed by atoms with van der Waals surface area (Å²) in [6.07, 6.45) is 7.23. The Morgan fingerprint density at radius 3 is 2.78 bits per heavy atom. The molecule has 1 N–H and O–H groups in total. The van der Waals surface area contributed by atoms with Gasteiger partial charge in [0.05, 0.1) is 11.9 Å². The summed E-state index contributed by atoms with van der Waals surface area (Å²) in [5.41, 5.74) is 3.60. The molecule has 2 nitrogen and oxygen atoms in total. The van der Waals surface area contributed by atoms with E-state index in [0.717, 1.165) is 10.2 Å². The molecule has 1 saturated carbocycles. The molecule has 1 fully saturated rings. The van der Waals surface area contributed by atoms with Crippen LogP contribution in [0.4, 0.5) is 0 Å². The number of nitrogens with one attached hydrogen (secondary N) is 1. The number of hydrogen-bond donors (Lipinski definition) is 1. The summed E-state index contributed by atoms with van der Waals surface area (Å²) < 4.78 is 1.15. The lowest BCUT2D eigenvalue weighted by atomic mass is 10.1. The number of nitrogens with zero attached hydrogens (tertiary/aromatic N) is 1. The summed E-state index contributed by atoms with van der Waals surface area (Å²) in [5, 5.41) is 0. The minimum atomic E-state index is 0.648. The molecule has 0 saturated heterocycles. The maximum absolute atomic E-state index is 4.56. The first-order valence-electron chi connectivity index (χ1n) is 6.55. The van der Waals surface area contributed by atoms with Gasteiger partial charge in [0.1, 0.15) is 5.82 Å². The SMILES string of the molecule is Cc1cc(-c2cnc(C3CCCC3)[nH]2)ccc1Br. The lowest BCUT2D eigenvalue weighted by molar-refractivity contribution is 0.679. The molecule has 1 aliphatic carbocycles. The minimum Gasteiger partial charge on any atom is -0.342 e. The number of benzene rings is 1. The van der Waals surface area contributed by atoms with Crippen molar-refractivity contribution in [2.75, 3.05) is 0 Å². The van der Waals surface area contributed by atoms with Gasteiger partial charge in [-0.3, -0.25) is 0 Å². The first-order valence-corrected chi connectivity index (χ1v) is 7.35. The smallest absolute Gasteiger partial charge is 0.109 e. The van der Waals surface area contributed by atoms with Crippen LogP contribution in [0.25, 0.3) is 11.3 Å². The van der Waals surface area contributed by atoms with Gasteiger partial charge in [-0.25, -0.2) is 4.98 Å². The van der Waals surface area contributed by atoms with Crippen LogP contribution in [0.15, 0.2) is 28.9 Å². The van der Waals surface area contributed by atoms with Gasteiger partial charge in [0, 0.05) is 10.4 Å². The fourth-order valence-electron chi connectivity index (χ4n) is 2.70. The van der Waals surface area contributed by atoms with E-state index in [-0.39, 0.29) is 0 Å². The van der Waals surface area contributed by atoms with Gasteiger partial charge in [-0.05, 0) is 43.0 Å². The van der Waals surface area contributed by atoms with E-state index in [2.05, 4.69) is 51.0 Å². The number of hydrogen-bond acceptors (Lipinski definition) is 1. The molecule has 3 heteroatoms. The second-order valence-electron chi connectivity index (χ2n) is 5.13. The molecule has 0 amide bonds. The summed E-state index contributed by atoms with van der Waals surface area (Å²) in [4.78, 5) is 8.05. The molecule has 0 atom stereocenters. The van der Waals surface area contributed by atoms with Gasteiger partial charge in [-0.15, -0.1) is 0 Å². The van der Waals surface area contributed by atoms with Gasteiger partial charge >= 0.3 is 0 Å². The minimum absolute atomic E-state index is 0.648. The van der Waals surface area contributed by atoms with Crippen LogP contribution in [-0.4, -0.2) is 9.97 Å². The Kier molecular flexibility index (Phi) is 3.25. The van der Waals surface area contributed by atoms with E-state index in [4.69, 9.17) is 0 Å². The Bertz CT molecular complexity index is 553. The standard InChI is InChI=1S/C15H17BrN2/c1-10-8-12(6-7-13(10)16)14-9-17-15(18-14)11-4-2-3-5-11/h6-9,11H,2-5H2,1H3,(H,17,18). The third-order valence-corrected chi connectivity index (χ3v) is 4.70. The topological polar surface area (TPSA) is 28.7 Å². The monoisotopic (exact) mass is 304 g/mol. The third-order valence-electron chi connectivity index (χ3n) is 3.81. The van der Waals surface area contributed by atoms with Crippen LogP contribution in [0.3, 0.4) is 0 Å². The van der Waals surface area contributed by atoms with Crippen molar-refractivity contribution in [1.29, 1.82) is 0 Å². The third kappa shape index (κ3) is 2.24. The molecule has 2 aromatic rings. The fraction of sp³-hybridized carbons (Fsp3) is 0.400. The van der Waals surface area contributed by atoms with Crippen LogP contribution in [0.5, 0.6) is 0 Å². The van der Waals surface area contributed by atoms with Crippen molar-refractivity contribution in [2.24, 2.45) is 0 Å². The highest BCUT2D eigenvalue weighted by Gasteiger charge is 2.19. The van der Waals surface area contributed by atoms with Crippen LogP contribution >= 0.6 is 15.9 Å². The van der Waals surface area contributed by atoms with Crippen molar-refractivity contribution in [3.05, 3.63) is 40.3 Å². The van der Waals surface area contributed by atoms with Crippen LogP contribution < -0.4 is 0 Å². The summed E-state index contributed by atoms with van der Waals surface area (Å²) in [7, 11) is 0. The largest absolute Gasteiger partial charge is 0.342 e. The van der Waals surface area contributed by atoms with E-state index < -0.39 is 0 Å². The first kappa shape index (κ1) is 12.0.